The van der Waals surface area contributed by atoms with E-state index < -0.39 is 9.04 Å². The Morgan fingerprint density at radius 2 is 1.46 bits per heavy atom. The number of hydrogen-bond donors (Lipinski definition) is 0. The third-order valence-corrected chi connectivity index (χ3v) is 5.47. The van der Waals surface area contributed by atoms with Crippen LogP contribution in [-0.4, -0.2) is 15.6 Å². The first-order chi connectivity index (χ1) is 6.35. The van der Waals surface area contributed by atoms with Gasteiger partial charge in [0.1, 0.15) is 0 Å². The highest BCUT2D eigenvalue weighted by Crippen LogP contribution is 2.08. The summed E-state index contributed by atoms with van der Waals surface area (Å²) >= 11 is 0. The highest BCUT2D eigenvalue weighted by Gasteiger charge is 2.08. The van der Waals surface area contributed by atoms with Gasteiger partial charge in [0.05, 0.1) is 0 Å². The summed E-state index contributed by atoms with van der Waals surface area (Å²) in [6.07, 6.45) is 6.53. The lowest BCUT2D eigenvalue weighted by Gasteiger charge is -2.14. The fraction of sp³-hybridized carbons (Fsp3) is 1.00. The Morgan fingerprint density at radius 3 is 1.92 bits per heavy atom. The van der Waals surface area contributed by atoms with Gasteiger partial charge in [-0.25, -0.2) is 0 Å². The van der Waals surface area contributed by atoms with Crippen LogP contribution in [0.4, 0.5) is 0 Å². The summed E-state index contributed by atoms with van der Waals surface area (Å²) in [6, 6.07) is 2.75. The van der Waals surface area contributed by atoms with Gasteiger partial charge in [-0.15, -0.1) is 0 Å². The molecule has 0 saturated carbocycles. The summed E-state index contributed by atoms with van der Waals surface area (Å²) in [4.78, 5) is 0. The maximum Gasteiger partial charge on any atom is 0.176 e. The minimum atomic E-state index is -0.776. The summed E-state index contributed by atoms with van der Waals surface area (Å²) in [5.74, 6) is 0. The molecule has 13 heavy (non-hydrogen) atoms. The van der Waals surface area contributed by atoms with E-state index in [0.717, 1.165) is 6.61 Å². The molecule has 0 aromatic rings. The van der Waals surface area contributed by atoms with E-state index in [2.05, 4.69) is 20.8 Å². The standard InChI is InChI=1S/C11H26OSi/c1-4-7-8-9-12-13(10-5-2)11-6-3/h13H,4-11H2,1-3H3. The monoisotopic (exact) mass is 202 g/mol. The molecule has 80 valence electrons. The first-order valence-corrected chi connectivity index (χ1v) is 8.07. The van der Waals surface area contributed by atoms with Gasteiger partial charge in [-0.1, -0.05) is 46.5 Å². The van der Waals surface area contributed by atoms with Crippen LogP contribution in [0.5, 0.6) is 0 Å². The van der Waals surface area contributed by atoms with Gasteiger partial charge in [0.25, 0.3) is 0 Å². The molecule has 0 rings (SSSR count). The van der Waals surface area contributed by atoms with Gasteiger partial charge in [-0.05, 0) is 18.5 Å². The molecule has 0 bridgehead atoms. The van der Waals surface area contributed by atoms with E-state index in [-0.39, 0.29) is 0 Å². The third kappa shape index (κ3) is 8.51. The second-order valence-corrected chi connectivity index (χ2v) is 6.51. The van der Waals surface area contributed by atoms with Crippen molar-refractivity contribution >= 4 is 9.04 Å². The van der Waals surface area contributed by atoms with Crippen LogP contribution in [0.2, 0.25) is 12.1 Å². The second kappa shape index (κ2) is 10.3. The van der Waals surface area contributed by atoms with E-state index in [1.54, 1.807) is 0 Å². The van der Waals surface area contributed by atoms with Crippen molar-refractivity contribution in [2.24, 2.45) is 0 Å². The Labute approximate surface area is 85.6 Å². The van der Waals surface area contributed by atoms with Gasteiger partial charge in [0.15, 0.2) is 9.04 Å². The Bertz CT molecular complexity index is 90.1. The lowest BCUT2D eigenvalue weighted by atomic mass is 10.3. The molecular formula is C11H26OSi. The van der Waals surface area contributed by atoms with Crippen molar-refractivity contribution in [3.63, 3.8) is 0 Å². The zero-order valence-electron chi connectivity index (χ0n) is 9.64. The van der Waals surface area contributed by atoms with E-state index in [4.69, 9.17) is 4.43 Å². The topological polar surface area (TPSA) is 9.23 Å². The zero-order chi connectivity index (χ0) is 9.94. The van der Waals surface area contributed by atoms with E-state index in [1.165, 1.54) is 44.2 Å². The first-order valence-electron chi connectivity index (χ1n) is 5.96. The van der Waals surface area contributed by atoms with Gasteiger partial charge < -0.3 is 4.43 Å². The predicted molar refractivity (Wildman–Crippen MR) is 62.8 cm³/mol. The lowest BCUT2D eigenvalue weighted by Crippen LogP contribution is -2.17. The Hall–Kier alpha value is 0.177. The van der Waals surface area contributed by atoms with E-state index in [1.807, 2.05) is 0 Å². The average molecular weight is 202 g/mol. The summed E-state index contributed by atoms with van der Waals surface area (Å²) in [6.45, 7) is 7.81. The number of rotatable bonds is 9. The molecule has 1 nitrogen and oxygen atoms in total. The highest BCUT2D eigenvalue weighted by molar-refractivity contribution is 6.51. The molecule has 0 amide bonds. The van der Waals surface area contributed by atoms with Crippen molar-refractivity contribution in [1.82, 2.24) is 0 Å². The zero-order valence-corrected chi connectivity index (χ0v) is 10.8. The van der Waals surface area contributed by atoms with Gasteiger partial charge in [-0.2, -0.15) is 0 Å². The molecule has 0 aromatic carbocycles. The normalized spacial score (nSPS) is 11.1. The molecule has 0 fully saturated rings. The maximum absolute atomic E-state index is 5.96. The van der Waals surface area contributed by atoms with E-state index >= 15 is 0 Å². The van der Waals surface area contributed by atoms with Gasteiger partial charge in [0.2, 0.25) is 0 Å². The van der Waals surface area contributed by atoms with Crippen LogP contribution in [0.25, 0.3) is 0 Å². The molecule has 0 saturated heterocycles. The SMILES string of the molecule is CCCCCO[SiH](CCC)CCC. The number of hydrogen-bond acceptors (Lipinski definition) is 1. The average Bonchev–Trinajstić information content (AvgIpc) is 2.13. The highest BCUT2D eigenvalue weighted by atomic mass is 28.3. The van der Waals surface area contributed by atoms with Crippen molar-refractivity contribution in [3.8, 4) is 0 Å². The van der Waals surface area contributed by atoms with Crippen LogP contribution in [-0.2, 0) is 4.43 Å². The molecule has 0 aliphatic heterocycles. The lowest BCUT2D eigenvalue weighted by molar-refractivity contribution is 0.305. The predicted octanol–water partition coefficient (Wildman–Crippen LogP) is 3.74. The minimum Gasteiger partial charge on any atom is -0.420 e. The molecule has 2 heteroatoms. The molecule has 0 heterocycles. The molecule has 0 radical (unpaired) electrons. The largest absolute Gasteiger partial charge is 0.420 e. The number of unbranched alkanes of at least 4 members (excludes halogenated alkanes) is 2. The molecule has 0 aliphatic carbocycles. The Balaban J connectivity index is 3.33. The van der Waals surface area contributed by atoms with Gasteiger partial charge in [-0.3, -0.25) is 0 Å². The molecule has 0 aromatic heterocycles. The molecule has 0 unspecified atom stereocenters. The molecule has 0 spiro atoms. The summed E-state index contributed by atoms with van der Waals surface area (Å²) in [7, 11) is -0.776. The van der Waals surface area contributed by atoms with Crippen LogP contribution < -0.4 is 0 Å². The summed E-state index contributed by atoms with van der Waals surface area (Å²) < 4.78 is 5.96. The minimum absolute atomic E-state index is 0.776. The van der Waals surface area contributed by atoms with Crippen LogP contribution >= 0.6 is 0 Å². The van der Waals surface area contributed by atoms with Crippen molar-refractivity contribution in [2.45, 2.75) is 65.0 Å². The van der Waals surface area contributed by atoms with E-state index in [0.29, 0.717) is 0 Å². The summed E-state index contributed by atoms with van der Waals surface area (Å²) in [5.41, 5.74) is 0. The Kier molecular flexibility index (Phi) is 10.4. The van der Waals surface area contributed by atoms with Gasteiger partial charge >= 0.3 is 0 Å². The molecule has 0 atom stereocenters. The smallest absolute Gasteiger partial charge is 0.176 e. The Morgan fingerprint density at radius 1 is 0.846 bits per heavy atom. The second-order valence-electron chi connectivity index (χ2n) is 3.78. The van der Waals surface area contributed by atoms with Crippen LogP contribution in [0.3, 0.4) is 0 Å². The molecule has 0 N–H and O–H groups in total. The van der Waals surface area contributed by atoms with Crippen LogP contribution in [0.1, 0.15) is 52.9 Å². The first kappa shape index (κ1) is 13.2. The third-order valence-electron chi connectivity index (χ3n) is 2.32. The fourth-order valence-electron chi connectivity index (χ4n) is 1.56. The van der Waals surface area contributed by atoms with E-state index in [9.17, 15) is 0 Å². The quantitative estimate of drug-likeness (QED) is 0.409. The van der Waals surface area contributed by atoms with Crippen LogP contribution in [0, 0.1) is 0 Å². The van der Waals surface area contributed by atoms with Crippen LogP contribution in [0.15, 0.2) is 0 Å². The van der Waals surface area contributed by atoms with Crippen molar-refractivity contribution < 1.29 is 4.43 Å². The fourth-order valence-corrected chi connectivity index (χ4v) is 3.97. The maximum atomic E-state index is 5.96. The molecular weight excluding hydrogens is 176 g/mol. The molecule has 0 aliphatic rings. The van der Waals surface area contributed by atoms with Crippen molar-refractivity contribution in [1.29, 1.82) is 0 Å². The van der Waals surface area contributed by atoms with Crippen molar-refractivity contribution in [3.05, 3.63) is 0 Å². The summed E-state index contributed by atoms with van der Waals surface area (Å²) in [5, 5.41) is 0. The van der Waals surface area contributed by atoms with Crippen molar-refractivity contribution in [2.75, 3.05) is 6.61 Å². The van der Waals surface area contributed by atoms with Gasteiger partial charge in [0, 0.05) is 6.61 Å².